The molecule has 10 nitrogen and oxygen atoms in total. The minimum Gasteiger partial charge on any atom is -0.351 e. The normalized spacial score (nSPS) is 25.9. The Hall–Kier alpha value is -3.12. The number of anilines is 1. The van der Waals surface area contributed by atoms with Crippen LogP contribution in [0.1, 0.15) is 29.6 Å². The van der Waals surface area contributed by atoms with E-state index in [1.165, 1.54) is 12.4 Å². The molecule has 0 radical (unpaired) electrons. The van der Waals surface area contributed by atoms with Crippen LogP contribution in [0.2, 0.25) is 0 Å². The first kappa shape index (κ1) is 23.3. The lowest BCUT2D eigenvalue weighted by Gasteiger charge is -2.22. The third-order valence-electron chi connectivity index (χ3n) is 7.16. The highest BCUT2D eigenvalue weighted by Gasteiger charge is 2.58. The summed E-state index contributed by atoms with van der Waals surface area (Å²) in [5.41, 5.74) is 2.67. The molecule has 3 heterocycles. The third kappa shape index (κ3) is 4.43. The van der Waals surface area contributed by atoms with Crippen molar-refractivity contribution in [3.63, 3.8) is 0 Å². The summed E-state index contributed by atoms with van der Waals surface area (Å²) in [4.78, 5) is 26.4. The van der Waals surface area contributed by atoms with Crippen molar-refractivity contribution in [2.24, 2.45) is 11.8 Å². The number of amides is 1. The Balaban J connectivity index is 1.04. The predicted molar refractivity (Wildman–Crippen MR) is 131 cm³/mol. The van der Waals surface area contributed by atoms with Crippen molar-refractivity contribution < 1.29 is 22.8 Å². The molecular formula is C25H27N5O5S. The Kier molecular flexibility index (Phi) is 6.08. The van der Waals surface area contributed by atoms with Gasteiger partial charge in [-0.1, -0.05) is 36.4 Å². The fraction of sp³-hybridized carbons (Fsp3) is 0.400. The van der Waals surface area contributed by atoms with Crippen molar-refractivity contribution in [1.29, 1.82) is 0 Å². The summed E-state index contributed by atoms with van der Waals surface area (Å²) in [7, 11) is -3.58. The van der Waals surface area contributed by atoms with E-state index in [-0.39, 0.29) is 23.4 Å². The fourth-order valence-electron chi connectivity index (χ4n) is 5.11. The summed E-state index contributed by atoms with van der Waals surface area (Å²) in [6.07, 6.45) is 5.18. The number of hydroxylamine groups is 1. The Labute approximate surface area is 209 Å². The number of piperidine rings is 1. The van der Waals surface area contributed by atoms with Crippen LogP contribution in [-0.2, 0) is 19.6 Å². The Morgan fingerprint density at radius 1 is 1.03 bits per heavy atom. The van der Waals surface area contributed by atoms with Gasteiger partial charge in [-0.2, -0.15) is 4.31 Å². The zero-order valence-electron chi connectivity index (χ0n) is 19.5. The van der Waals surface area contributed by atoms with Gasteiger partial charge in [0.25, 0.3) is 5.91 Å². The number of hydrogen-bond acceptors (Lipinski definition) is 8. The van der Waals surface area contributed by atoms with E-state index in [4.69, 9.17) is 9.57 Å². The molecule has 6 rings (SSSR count). The van der Waals surface area contributed by atoms with Gasteiger partial charge in [0.1, 0.15) is 0 Å². The van der Waals surface area contributed by atoms with Crippen LogP contribution in [0.4, 0.5) is 5.95 Å². The molecule has 2 aromatic carbocycles. The second kappa shape index (κ2) is 9.40. The summed E-state index contributed by atoms with van der Waals surface area (Å²) >= 11 is 0. The second-order valence-corrected chi connectivity index (χ2v) is 11.3. The van der Waals surface area contributed by atoms with Crippen molar-refractivity contribution in [2.75, 3.05) is 25.0 Å². The molecule has 36 heavy (non-hydrogen) atoms. The van der Waals surface area contributed by atoms with E-state index in [1.807, 2.05) is 30.3 Å². The smallest absolute Gasteiger partial charge is 0.278 e. The number of rotatable bonds is 7. The zero-order chi connectivity index (χ0) is 24.7. The van der Waals surface area contributed by atoms with Crippen molar-refractivity contribution in [2.45, 2.75) is 36.5 Å². The van der Waals surface area contributed by atoms with Crippen molar-refractivity contribution in [3.05, 3.63) is 60.4 Å². The quantitative estimate of drug-likeness (QED) is 0.466. The van der Waals surface area contributed by atoms with Crippen LogP contribution in [0.3, 0.4) is 0 Å². The molecule has 0 spiro atoms. The Morgan fingerprint density at radius 3 is 2.53 bits per heavy atom. The van der Waals surface area contributed by atoms with E-state index in [0.717, 1.165) is 30.0 Å². The summed E-state index contributed by atoms with van der Waals surface area (Å²) in [5.74, 6) is 0.370. The number of ether oxygens (including phenoxy) is 1. The van der Waals surface area contributed by atoms with Gasteiger partial charge in [0.2, 0.25) is 16.0 Å². The van der Waals surface area contributed by atoms with Crippen LogP contribution < -0.4 is 10.8 Å². The van der Waals surface area contributed by atoms with Crippen molar-refractivity contribution in [3.8, 4) is 0 Å². The molecule has 3 unspecified atom stereocenters. The van der Waals surface area contributed by atoms with Gasteiger partial charge in [-0.05, 0) is 36.1 Å². The number of hydrogen-bond donors (Lipinski definition) is 2. The second-order valence-electron chi connectivity index (χ2n) is 9.44. The number of benzene rings is 2. The minimum atomic E-state index is -3.58. The lowest BCUT2D eigenvalue weighted by molar-refractivity contribution is -0.186. The number of carbonyl (C=O) groups excluding carboxylic acids is 1. The van der Waals surface area contributed by atoms with Gasteiger partial charge >= 0.3 is 0 Å². The first-order valence-corrected chi connectivity index (χ1v) is 13.6. The number of nitrogens with one attached hydrogen (secondary N) is 2. The molecule has 3 fully saturated rings. The molecule has 3 aliphatic rings. The van der Waals surface area contributed by atoms with E-state index in [2.05, 4.69) is 20.8 Å². The minimum absolute atomic E-state index is 0.107. The molecule has 11 heteroatoms. The van der Waals surface area contributed by atoms with Crippen molar-refractivity contribution >= 4 is 32.7 Å². The maximum atomic E-state index is 13.4. The van der Waals surface area contributed by atoms with E-state index < -0.39 is 22.2 Å². The van der Waals surface area contributed by atoms with Gasteiger partial charge < -0.3 is 10.1 Å². The van der Waals surface area contributed by atoms with Crippen LogP contribution in [0.25, 0.3) is 10.8 Å². The predicted octanol–water partition coefficient (Wildman–Crippen LogP) is 2.55. The number of carbonyl (C=O) groups is 1. The van der Waals surface area contributed by atoms with Gasteiger partial charge in [-0.25, -0.2) is 28.7 Å². The molecule has 1 aliphatic carbocycles. The van der Waals surface area contributed by atoms with Crippen LogP contribution in [-0.4, -0.2) is 60.6 Å². The maximum absolute atomic E-state index is 13.4. The molecule has 2 aliphatic heterocycles. The molecule has 1 aromatic heterocycles. The summed E-state index contributed by atoms with van der Waals surface area (Å²) < 4.78 is 33.7. The Bertz CT molecular complexity index is 1360. The van der Waals surface area contributed by atoms with Gasteiger partial charge in [0.05, 0.1) is 10.5 Å². The highest BCUT2D eigenvalue weighted by atomic mass is 32.2. The van der Waals surface area contributed by atoms with E-state index in [0.29, 0.717) is 30.5 Å². The van der Waals surface area contributed by atoms with Crippen LogP contribution in [0.5, 0.6) is 0 Å². The van der Waals surface area contributed by atoms with Gasteiger partial charge in [0.15, 0.2) is 6.29 Å². The number of aromatic nitrogens is 2. The first-order chi connectivity index (χ1) is 17.5. The largest absolute Gasteiger partial charge is 0.351 e. The molecule has 1 saturated carbocycles. The maximum Gasteiger partial charge on any atom is 0.278 e. The number of fused-ring (bicyclic) bond motifs is 2. The molecule has 3 aromatic rings. The monoisotopic (exact) mass is 509 g/mol. The standard InChI is InChI=1S/C25H27N5O5S/c31-24(29-35-22-10-3-4-11-34-22)17-12-26-25(27-13-17)28-23-19-14-30(15-20(19)23)36(32,33)21-9-5-7-16-6-1-2-8-18(16)21/h1-2,5-9,12-13,19-20,22-23H,3-4,10-11,14-15H2,(H,29,31)(H,26,27,28). The Morgan fingerprint density at radius 2 is 1.78 bits per heavy atom. The average Bonchev–Trinajstić information content (AvgIpc) is 3.33. The molecule has 1 amide bonds. The first-order valence-electron chi connectivity index (χ1n) is 12.1. The van der Waals surface area contributed by atoms with Gasteiger partial charge in [0, 0.05) is 49.9 Å². The third-order valence-corrected chi connectivity index (χ3v) is 9.05. The molecule has 2 N–H and O–H groups in total. The lowest BCUT2D eigenvalue weighted by Crippen LogP contribution is -2.34. The van der Waals surface area contributed by atoms with Crippen LogP contribution >= 0.6 is 0 Å². The molecule has 0 bridgehead atoms. The molecule has 188 valence electrons. The van der Waals surface area contributed by atoms with Gasteiger partial charge in [-0.3, -0.25) is 4.79 Å². The fourth-order valence-corrected chi connectivity index (χ4v) is 6.84. The summed E-state index contributed by atoms with van der Waals surface area (Å²) in [6.45, 7) is 1.53. The number of nitrogens with zero attached hydrogens (tertiary/aromatic N) is 3. The SMILES string of the molecule is O=C(NOC1CCCCO1)c1cnc(NC2C3CN(S(=O)(=O)c4cccc5ccccc45)CC32)nc1. The highest BCUT2D eigenvalue weighted by Crippen LogP contribution is 2.48. The van der Waals surface area contributed by atoms with Crippen molar-refractivity contribution in [1.82, 2.24) is 19.8 Å². The highest BCUT2D eigenvalue weighted by molar-refractivity contribution is 7.89. The topological polar surface area (TPSA) is 123 Å². The number of sulfonamides is 1. The molecule has 3 atom stereocenters. The molecular weight excluding hydrogens is 482 g/mol. The zero-order valence-corrected chi connectivity index (χ0v) is 20.4. The molecule has 2 saturated heterocycles. The van der Waals surface area contributed by atoms with E-state index >= 15 is 0 Å². The van der Waals surface area contributed by atoms with Gasteiger partial charge in [-0.15, -0.1) is 0 Å². The van der Waals surface area contributed by atoms with E-state index in [1.54, 1.807) is 16.4 Å². The summed E-state index contributed by atoms with van der Waals surface area (Å²) in [6, 6.07) is 13.0. The van der Waals surface area contributed by atoms with Crippen LogP contribution in [0.15, 0.2) is 59.8 Å². The summed E-state index contributed by atoms with van der Waals surface area (Å²) in [5, 5.41) is 4.93. The lowest BCUT2D eigenvalue weighted by atomic mass is 10.1. The average molecular weight is 510 g/mol. The van der Waals surface area contributed by atoms with E-state index in [9.17, 15) is 13.2 Å². The van der Waals surface area contributed by atoms with Crippen LogP contribution in [0, 0.1) is 11.8 Å².